The summed E-state index contributed by atoms with van der Waals surface area (Å²) >= 11 is 0. The van der Waals surface area contributed by atoms with Crippen molar-refractivity contribution in [2.24, 2.45) is 0 Å². The molecule has 2 aromatic heterocycles. The van der Waals surface area contributed by atoms with Crippen LogP contribution in [0.1, 0.15) is 17.4 Å². The van der Waals surface area contributed by atoms with Gasteiger partial charge in [-0.3, -0.25) is 4.98 Å². The summed E-state index contributed by atoms with van der Waals surface area (Å²) in [7, 11) is 0. The fourth-order valence-electron chi connectivity index (χ4n) is 2.61. The second kappa shape index (κ2) is 6.68. The summed E-state index contributed by atoms with van der Waals surface area (Å²) in [5.74, 6) is 0.989. The van der Waals surface area contributed by atoms with E-state index in [2.05, 4.69) is 25.4 Å². The number of rotatable bonds is 4. The lowest BCUT2D eigenvalue weighted by Gasteiger charge is -2.36. The van der Waals surface area contributed by atoms with Crippen LogP contribution in [0, 0.1) is 0 Å². The molecule has 3 aromatic rings. The van der Waals surface area contributed by atoms with Crippen LogP contribution in [0.2, 0.25) is 0 Å². The molecule has 4 rings (SSSR count). The van der Waals surface area contributed by atoms with Gasteiger partial charge in [-0.2, -0.15) is 4.98 Å². The zero-order valence-electron chi connectivity index (χ0n) is 13.4. The van der Waals surface area contributed by atoms with Gasteiger partial charge in [0.05, 0.1) is 12.1 Å². The van der Waals surface area contributed by atoms with Gasteiger partial charge in [-0.05, 0) is 5.56 Å². The van der Waals surface area contributed by atoms with Crippen LogP contribution in [0.3, 0.4) is 0 Å². The second-order valence-electron chi connectivity index (χ2n) is 5.79. The van der Waals surface area contributed by atoms with Crippen molar-refractivity contribution in [3.8, 4) is 11.5 Å². The average Bonchev–Trinajstić information content (AvgIpc) is 3.10. The Labute approximate surface area is 143 Å². The Morgan fingerprint density at radius 2 is 2.08 bits per heavy atom. The highest BCUT2D eigenvalue weighted by molar-refractivity contribution is 5.75. The van der Waals surface area contributed by atoms with Gasteiger partial charge in [0.25, 0.3) is 0 Å². The molecule has 8 heteroatoms. The number of carbonyl (C=O) groups is 1. The number of amides is 2. The Balaban J connectivity index is 1.30. The van der Waals surface area contributed by atoms with E-state index in [1.54, 1.807) is 23.5 Å². The van der Waals surface area contributed by atoms with Gasteiger partial charge in [0, 0.05) is 32.0 Å². The van der Waals surface area contributed by atoms with Crippen LogP contribution in [-0.2, 0) is 6.54 Å². The van der Waals surface area contributed by atoms with Gasteiger partial charge in [0.1, 0.15) is 5.69 Å². The minimum Gasteiger partial charge on any atom is -0.338 e. The third-order valence-corrected chi connectivity index (χ3v) is 4.04. The minimum atomic E-state index is -0.0891. The summed E-state index contributed by atoms with van der Waals surface area (Å²) in [5.41, 5.74) is 1.63. The first-order valence-corrected chi connectivity index (χ1v) is 7.96. The highest BCUT2D eigenvalue weighted by atomic mass is 16.5. The summed E-state index contributed by atoms with van der Waals surface area (Å²) < 4.78 is 5.29. The molecule has 0 aliphatic carbocycles. The molecule has 1 saturated heterocycles. The van der Waals surface area contributed by atoms with Gasteiger partial charge in [0.2, 0.25) is 11.7 Å². The first-order valence-electron chi connectivity index (χ1n) is 7.96. The first-order chi connectivity index (χ1) is 12.3. The maximum atomic E-state index is 12.1. The molecule has 8 nitrogen and oxygen atoms in total. The number of nitrogens with one attached hydrogen (secondary N) is 1. The van der Waals surface area contributed by atoms with Crippen molar-refractivity contribution in [3.63, 3.8) is 0 Å². The largest absolute Gasteiger partial charge is 0.338 e. The molecule has 0 unspecified atom stereocenters. The van der Waals surface area contributed by atoms with E-state index in [1.165, 1.54) is 0 Å². The van der Waals surface area contributed by atoms with Gasteiger partial charge in [-0.25, -0.2) is 9.78 Å². The zero-order valence-corrected chi connectivity index (χ0v) is 13.4. The maximum absolute atomic E-state index is 12.1. The number of hydrogen-bond acceptors (Lipinski definition) is 6. The Hall–Kier alpha value is -3.29. The van der Waals surface area contributed by atoms with Crippen LogP contribution in [0.4, 0.5) is 4.79 Å². The SMILES string of the molecule is O=C(NCc1ccccc1)N1CC(c2nc(-c3cnccn3)no2)C1. The fraction of sp³-hybridized carbons (Fsp3) is 0.235. The molecule has 0 atom stereocenters. The van der Waals surface area contributed by atoms with Crippen molar-refractivity contribution in [3.05, 3.63) is 60.4 Å². The van der Waals surface area contributed by atoms with Gasteiger partial charge in [-0.1, -0.05) is 35.5 Å². The first kappa shape index (κ1) is 15.3. The molecule has 1 fully saturated rings. The number of urea groups is 1. The summed E-state index contributed by atoms with van der Waals surface area (Å²) in [6, 6.07) is 9.72. The predicted octanol–water partition coefficient (Wildman–Crippen LogP) is 1.84. The summed E-state index contributed by atoms with van der Waals surface area (Å²) in [6.45, 7) is 1.63. The third-order valence-electron chi connectivity index (χ3n) is 4.04. The van der Waals surface area contributed by atoms with Gasteiger partial charge >= 0.3 is 6.03 Å². The van der Waals surface area contributed by atoms with Crippen molar-refractivity contribution in [2.75, 3.05) is 13.1 Å². The van der Waals surface area contributed by atoms with E-state index in [-0.39, 0.29) is 11.9 Å². The molecule has 0 saturated carbocycles. The van der Waals surface area contributed by atoms with Crippen LogP contribution < -0.4 is 5.32 Å². The van der Waals surface area contributed by atoms with Crippen LogP contribution in [0.15, 0.2) is 53.4 Å². The molecule has 0 spiro atoms. The molecular weight excluding hydrogens is 320 g/mol. The monoisotopic (exact) mass is 336 g/mol. The molecule has 25 heavy (non-hydrogen) atoms. The third kappa shape index (κ3) is 3.32. The Morgan fingerprint density at radius 1 is 1.24 bits per heavy atom. The van der Waals surface area contributed by atoms with Gasteiger partial charge < -0.3 is 14.7 Å². The van der Waals surface area contributed by atoms with Crippen molar-refractivity contribution < 1.29 is 9.32 Å². The fourth-order valence-corrected chi connectivity index (χ4v) is 2.61. The minimum absolute atomic E-state index is 0.0559. The summed E-state index contributed by atoms with van der Waals surface area (Å²) in [6.07, 6.45) is 4.74. The molecule has 126 valence electrons. The summed E-state index contributed by atoms with van der Waals surface area (Å²) in [4.78, 5) is 26.3. The van der Waals surface area contributed by atoms with Crippen molar-refractivity contribution in [1.29, 1.82) is 0 Å². The number of aromatic nitrogens is 4. The highest BCUT2D eigenvalue weighted by Gasteiger charge is 2.35. The number of nitrogens with zero attached hydrogens (tertiary/aromatic N) is 5. The lowest BCUT2D eigenvalue weighted by Crippen LogP contribution is -2.52. The number of benzene rings is 1. The van der Waals surface area contributed by atoms with Gasteiger partial charge in [0.15, 0.2) is 0 Å². The summed E-state index contributed by atoms with van der Waals surface area (Å²) in [5, 5.41) is 6.83. The molecule has 0 radical (unpaired) electrons. The lowest BCUT2D eigenvalue weighted by molar-refractivity contribution is 0.136. The molecule has 3 heterocycles. The molecule has 1 N–H and O–H groups in total. The average molecular weight is 336 g/mol. The van der Waals surface area contributed by atoms with Crippen molar-refractivity contribution in [1.82, 2.24) is 30.3 Å². The van der Waals surface area contributed by atoms with E-state index in [9.17, 15) is 4.79 Å². The van der Waals surface area contributed by atoms with E-state index in [1.807, 2.05) is 30.3 Å². The predicted molar refractivity (Wildman–Crippen MR) is 88.3 cm³/mol. The quantitative estimate of drug-likeness (QED) is 0.781. The van der Waals surface area contributed by atoms with Crippen molar-refractivity contribution >= 4 is 6.03 Å². The molecular formula is C17H16N6O2. The van der Waals surface area contributed by atoms with Crippen LogP contribution >= 0.6 is 0 Å². The molecule has 1 aliphatic heterocycles. The molecule has 1 aliphatic rings. The number of likely N-dealkylation sites (tertiary alicyclic amines) is 1. The van der Waals surface area contributed by atoms with E-state index in [0.717, 1.165) is 5.56 Å². The Bertz CT molecular complexity index is 846. The standard InChI is InChI=1S/C17H16N6O2/c24-17(20-8-12-4-2-1-3-5-12)23-10-13(11-23)16-21-15(22-25-16)14-9-18-6-7-19-14/h1-7,9,13H,8,10-11H2,(H,20,24). The van der Waals surface area contributed by atoms with E-state index < -0.39 is 0 Å². The van der Waals surface area contributed by atoms with E-state index in [0.29, 0.717) is 37.0 Å². The van der Waals surface area contributed by atoms with E-state index >= 15 is 0 Å². The Morgan fingerprint density at radius 3 is 2.84 bits per heavy atom. The van der Waals surface area contributed by atoms with Crippen LogP contribution in [0.25, 0.3) is 11.5 Å². The van der Waals surface area contributed by atoms with Crippen LogP contribution in [-0.4, -0.2) is 44.1 Å². The number of carbonyl (C=O) groups excluding carboxylic acids is 1. The second-order valence-corrected chi connectivity index (χ2v) is 5.79. The van der Waals surface area contributed by atoms with Gasteiger partial charge in [-0.15, -0.1) is 0 Å². The maximum Gasteiger partial charge on any atom is 0.317 e. The topological polar surface area (TPSA) is 97.0 Å². The smallest absolute Gasteiger partial charge is 0.317 e. The Kier molecular flexibility index (Phi) is 4.07. The highest BCUT2D eigenvalue weighted by Crippen LogP contribution is 2.27. The zero-order chi connectivity index (χ0) is 17.1. The molecule has 2 amide bonds. The number of hydrogen-bond donors (Lipinski definition) is 1. The van der Waals surface area contributed by atoms with Crippen molar-refractivity contribution in [2.45, 2.75) is 12.5 Å². The van der Waals surface area contributed by atoms with E-state index in [4.69, 9.17) is 4.52 Å². The normalized spacial score (nSPS) is 14.2. The molecule has 0 bridgehead atoms. The molecule has 1 aromatic carbocycles. The van der Waals surface area contributed by atoms with Crippen LogP contribution in [0.5, 0.6) is 0 Å². The lowest BCUT2D eigenvalue weighted by atomic mass is 10.0.